The van der Waals surface area contributed by atoms with Gasteiger partial charge in [0.05, 0.1) is 13.2 Å². The molecule has 0 amide bonds. The SMILES string of the molecule is Cc1ccc(OCC(O)CNC(C=O)(CO)CO)cc1. The molecule has 20 heavy (non-hydrogen) atoms. The van der Waals surface area contributed by atoms with Crippen LogP contribution >= 0.6 is 0 Å². The highest BCUT2D eigenvalue weighted by molar-refractivity contribution is 5.64. The highest BCUT2D eigenvalue weighted by Crippen LogP contribution is 2.11. The van der Waals surface area contributed by atoms with E-state index in [1.807, 2.05) is 19.1 Å². The van der Waals surface area contributed by atoms with Crippen LogP contribution in [0.1, 0.15) is 5.56 Å². The molecule has 112 valence electrons. The maximum atomic E-state index is 10.8. The largest absolute Gasteiger partial charge is 0.491 e. The number of aliphatic hydroxyl groups excluding tert-OH is 3. The van der Waals surface area contributed by atoms with Gasteiger partial charge in [0.15, 0.2) is 0 Å². The molecule has 0 radical (unpaired) electrons. The van der Waals surface area contributed by atoms with E-state index in [2.05, 4.69) is 5.32 Å². The molecule has 0 heterocycles. The zero-order valence-corrected chi connectivity index (χ0v) is 11.5. The average molecular weight is 283 g/mol. The van der Waals surface area contributed by atoms with E-state index in [1.54, 1.807) is 12.1 Å². The first-order chi connectivity index (χ1) is 9.55. The molecule has 0 aromatic heterocycles. The van der Waals surface area contributed by atoms with Gasteiger partial charge in [-0.2, -0.15) is 0 Å². The fourth-order valence-electron chi connectivity index (χ4n) is 1.48. The number of nitrogens with one attached hydrogen (secondary N) is 1. The van der Waals surface area contributed by atoms with Crippen LogP contribution in [-0.4, -0.2) is 59.6 Å². The third kappa shape index (κ3) is 4.90. The average Bonchev–Trinajstić information content (AvgIpc) is 2.48. The molecule has 0 aliphatic heterocycles. The zero-order chi connectivity index (χ0) is 15.0. The van der Waals surface area contributed by atoms with Crippen molar-refractivity contribution in [3.8, 4) is 5.75 Å². The van der Waals surface area contributed by atoms with Crippen molar-refractivity contribution in [2.75, 3.05) is 26.4 Å². The van der Waals surface area contributed by atoms with E-state index in [0.29, 0.717) is 12.0 Å². The van der Waals surface area contributed by atoms with Gasteiger partial charge in [0, 0.05) is 6.54 Å². The van der Waals surface area contributed by atoms with Crippen LogP contribution in [0.2, 0.25) is 0 Å². The number of benzene rings is 1. The van der Waals surface area contributed by atoms with Gasteiger partial charge in [-0.3, -0.25) is 5.32 Å². The van der Waals surface area contributed by atoms with E-state index in [4.69, 9.17) is 14.9 Å². The van der Waals surface area contributed by atoms with Crippen molar-refractivity contribution in [1.82, 2.24) is 5.32 Å². The minimum atomic E-state index is -1.43. The summed E-state index contributed by atoms with van der Waals surface area (Å²) >= 11 is 0. The molecule has 1 aromatic carbocycles. The van der Waals surface area contributed by atoms with E-state index < -0.39 is 24.9 Å². The van der Waals surface area contributed by atoms with Crippen molar-refractivity contribution in [3.63, 3.8) is 0 Å². The van der Waals surface area contributed by atoms with E-state index >= 15 is 0 Å². The van der Waals surface area contributed by atoms with Gasteiger partial charge in [-0.1, -0.05) is 17.7 Å². The Morgan fingerprint density at radius 1 is 1.30 bits per heavy atom. The van der Waals surface area contributed by atoms with Crippen molar-refractivity contribution >= 4 is 6.29 Å². The molecule has 1 rings (SSSR count). The summed E-state index contributed by atoms with van der Waals surface area (Å²) in [5, 5.41) is 30.5. The van der Waals surface area contributed by atoms with Gasteiger partial charge in [-0.05, 0) is 19.1 Å². The molecule has 1 unspecified atom stereocenters. The van der Waals surface area contributed by atoms with Crippen molar-refractivity contribution in [3.05, 3.63) is 29.8 Å². The van der Waals surface area contributed by atoms with Crippen LogP contribution in [0.15, 0.2) is 24.3 Å². The summed E-state index contributed by atoms with van der Waals surface area (Å²) in [5.74, 6) is 0.639. The normalized spacial score (nSPS) is 13.0. The lowest BCUT2D eigenvalue weighted by molar-refractivity contribution is -0.117. The Hall–Kier alpha value is -1.47. The predicted molar refractivity (Wildman–Crippen MR) is 73.7 cm³/mol. The standard InChI is InChI=1S/C14H21NO5/c1-11-2-4-13(5-3-11)20-7-12(19)6-15-14(8-16,9-17)10-18/h2-5,8,12,15,17-19H,6-7,9-10H2,1H3. The second-order valence-electron chi connectivity index (χ2n) is 4.75. The van der Waals surface area contributed by atoms with Crippen LogP contribution in [0, 0.1) is 6.92 Å². The third-order valence-electron chi connectivity index (χ3n) is 2.94. The molecule has 0 bridgehead atoms. The van der Waals surface area contributed by atoms with Gasteiger partial charge in [-0.25, -0.2) is 0 Å². The molecular weight excluding hydrogens is 262 g/mol. The number of aliphatic hydroxyl groups is 3. The fourth-order valence-corrected chi connectivity index (χ4v) is 1.48. The Kier molecular flexibility index (Phi) is 6.60. The number of hydrogen-bond donors (Lipinski definition) is 4. The monoisotopic (exact) mass is 283 g/mol. The fraction of sp³-hybridized carbons (Fsp3) is 0.500. The predicted octanol–water partition coefficient (Wildman–Crippen LogP) is -0.753. The number of rotatable bonds is 9. The molecular formula is C14H21NO5. The van der Waals surface area contributed by atoms with Gasteiger partial charge in [-0.15, -0.1) is 0 Å². The lowest BCUT2D eigenvalue weighted by Gasteiger charge is -2.26. The van der Waals surface area contributed by atoms with Gasteiger partial charge in [0.25, 0.3) is 0 Å². The lowest BCUT2D eigenvalue weighted by atomic mass is 10.0. The first kappa shape index (κ1) is 16.6. The molecule has 0 aliphatic rings. The molecule has 0 spiro atoms. The Balaban J connectivity index is 2.38. The summed E-state index contributed by atoms with van der Waals surface area (Å²) in [6.07, 6.45) is -0.436. The van der Waals surface area contributed by atoms with E-state index in [1.165, 1.54) is 0 Å². The van der Waals surface area contributed by atoms with Crippen molar-refractivity contribution in [2.24, 2.45) is 0 Å². The summed E-state index contributed by atoms with van der Waals surface area (Å²) in [6.45, 7) is 0.940. The highest BCUT2D eigenvalue weighted by Gasteiger charge is 2.28. The first-order valence-corrected chi connectivity index (χ1v) is 6.36. The molecule has 6 heteroatoms. The number of carbonyl (C=O) groups excluding carboxylic acids is 1. The minimum Gasteiger partial charge on any atom is -0.491 e. The molecule has 6 nitrogen and oxygen atoms in total. The molecule has 0 fully saturated rings. The number of ether oxygens (including phenoxy) is 1. The van der Waals surface area contributed by atoms with Crippen LogP contribution in [0.5, 0.6) is 5.75 Å². The topological polar surface area (TPSA) is 99.0 Å². The van der Waals surface area contributed by atoms with Gasteiger partial charge in [0.2, 0.25) is 0 Å². The van der Waals surface area contributed by atoms with Crippen LogP contribution in [0.3, 0.4) is 0 Å². The summed E-state index contributed by atoms with van der Waals surface area (Å²) < 4.78 is 5.39. The molecule has 0 aliphatic carbocycles. The number of β-amino-alcohol motifs (C(OH)–C–C–N with tert-alkyl or cyclic N) is 1. The summed E-state index contributed by atoms with van der Waals surface area (Å²) in [7, 11) is 0. The van der Waals surface area contributed by atoms with Crippen molar-refractivity contribution in [1.29, 1.82) is 0 Å². The van der Waals surface area contributed by atoms with Crippen LogP contribution in [-0.2, 0) is 4.79 Å². The lowest BCUT2D eigenvalue weighted by Crippen LogP contribution is -2.55. The molecule has 0 saturated carbocycles. The van der Waals surface area contributed by atoms with Crippen LogP contribution < -0.4 is 10.1 Å². The second kappa shape index (κ2) is 7.96. The smallest absolute Gasteiger partial charge is 0.144 e. The van der Waals surface area contributed by atoms with Crippen LogP contribution in [0.25, 0.3) is 0 Å². The molecule has 0 saturated heterocycles. The van der Waals surface area contributed by atoms with E-state index in [9.17, 15) is 9.90 Å². The maximum Gasteiger partial charge on any atom is 0.144 e. The van der Waals surface area contributed by atoms with Crippen molar-refractivity contribution in [2.45, 2.75) is 18.6 Å². The number of hydrogen-bond acceptors (Lipinski definition) is 6. The number of aryl methyl sites for hydroxylation is 1. The Morgan fingerprint density at radius 3 is 2.40 bits per heavy atom. The summed E-state index contributed by atoms with van der Waals surface area (Å²) in [4.78, 5) is 10.8. The summed E-state index contributed by atoms with van der Waals surface area (Å²) in [6, 6.07) is 7.39. The van der Waals surface area contributed by atoms with E-state index in [0.717, 1.165) is 5.56 Å². The third-order valence-corrected chi connectivity index (χ3v) is 2.94. The first-order valence-electron chi connectivity index (χ1n) is 6.36. The summed E-state index contributed by atoms with van der Waals surface area (Å²) in [5.41, 5.74) is -0.314. The zero-order valence-electron chi connectivity index (χ0n) is 11.5. The Morgan fingerprint density at radius 2 is 1.90 bits per heavy atom. The van der Waals surface area contributed by atoms with Crippen LogP contribution in [0.4, 0.5) is 0 Å². The second-order valence-corrected chi connectivity index (χ2v) is 4.75. The van der Waals surface area contributed by atoms with Gasteiger partial charge < -0.3 is 24.9 Å². The van der Waals surface area contributed by atoms with Gasteiger partial charge >= 0.3 is 0 Å². The molecule has 1 atom stereocenters. The quantitative estimate of drug-likeness (QED) is 0.445. The Bertz CT molecular complexity index is 403. The van der Waals surface area contributed by atoms with E-state index in [-0.39, 0.29) is 13.2 Å². The maximum absolute atomic E-state index is 10.8. The minimum absolute atomic E-state index is 0.0196. The number of carbonyl (C=O) groups is 1. The molecule has 1 aromatic rings. The van der Waals surface area contributed by atoms with Crippen molar-refractivity contribution < 1.29 is 24.9 Å². The Labute approximate surface area is 118 Å². The van der Waals surface area contributed by atoms with Gasteiger partial charge in [0.1, 0.15) is 30.3 Å². The number of aldehydes is 1. The highest BCUT2D eigenvalue weighted by atomic mass is 16.5. The molecule has 4 N–H and O–H groups in total.